The van der Waals surface area contributed by atoms with Gasteiger partial charge in [0.2, 0.25) is 0 Å². The molecule has 0 amide bonds. The second-order valence-corrected chi connectivity index (χ2v) is 6.40. The lowest BCUT2D eigenvalue weighted by molar-refractivity contribution is 0.195. The molecule has 2 aromatic heterocycles. The van der Waals surface area contributed by atoms with Crippen molar-refractivity contribution >= 4 is 41.3 Å². The molecule has 9 heteroatoms. The van der Waals surface area contributed by atoms with Crippen LogP contribution in [-0.2, 0) is 24.9 Å². The Hall–Kier alpha value is -1.20. The molecular weight excluding hydrogens is 451 g/mol. The average molecular weight is 478 g/mol. The first-order chi connectivity index (χ1) is 11.6. The monoisotopic (exact) mass is 478 g/mol. The molecule has 7 nitrogen and oxygen atoms in total. The van der Waals surface area contributed by atoms with Gasteiger partial charge in [-0.25, -0.2) is 4.99 Å². The van der Waals surface area contributed by atoms with E-state index in [4.69, 9.17) is 9.73 Å². The third-order valence-electron chi connectivity index (χ3n) is 3.72. The molecule has 0 aliphatic heterocycles. The van der Waals surface area contributed by atoms with Crippen LogP contribution in [0.5, 0.6) is 0 Å². The molecule has 2 rings (SSSR count). The zero-order valence-corrected chi connectivity index (χ0v) is 18.4. The number of guanidine groups is 1. The molecule has 0 aliphatic rings. The summed E-state index contributed by atoms with van der Waals surface area (Å²) in [6, 6.07) is 2.13. The quantitative estimate of drug-likeness (QED) is 0.273. The molecule has 0 bridgehead atoms. The number of methoxy groups -OCH3 is 1. The summed E-state index contributed by atoms with van der Waals surface area (Å²) in [6.07, 6.45) is 0.935. The summed E-state index contributed by atoms with van der Waals surface area (Å²) in [5.74, 6) is 2.60. The highest BCUT2D eigenvalue weighted by molar-refractivity contribution is 14.0. The van der Waals surface area contributed by atoms with Gasteiger partial charge in [-0.1, -0.05) is 0 Å². The van der Waals surface area contributed by atoms with Gasteiger partial charge >= 0.3 is 0 Å². The molecule has 0 saturated carbocycles. The van der Waals surface area contributed by atoms with Crippen molar-refractivity contribution in [3.63, 3.8) is 0 Å². The van der Waals surface area contributed by atoms with Gasteiger partial charge in [0.25, 0.3) is 0 Å². The van der Waals surface area contributed by atoms with E-state index in [9.17, 15) is 0 Å². The minimum Gasteiger partial charge on any atom is -0.385 e. The highest BCUT2D eigenvalue weighted by atomic mass is 127. The van der Waals surface area contributed by atoms with Crippen molar-refractivity contribution in [3.05, 3.63) is 34.0 Å². The third-order valence-corrected chi connectivity index (χ3v) is 4.45. The number of rotatable bonds is 8. The van der Waals surface area contributed by atoms with Crippen LogP contribution in [0.4, 0.5) is 0 Å². The van der Waals surface area contributed by atoms with Crippen LogP contribution in [-0.4, -0.2) is 52.9 Å². The summed E-state index contributed by atoms with van der Waals surface area (Å²) in [5, 5.41) is 15.9. The van der Waals surface area contributed by atoms with Crippen LogP contribution in [0.15, 0.2) is 21.8 Å². The van der Waals surface area contributed by atoms with Gasteiger partial charge in [0.15, 0.2) is 11.8 Å². The summed E-state index contributed by atoms with van der Waals surface area (Å²) in [5.41, 5.74) is 1.28. The summed E-state index contributed by atoms with van der Waals surface area (Å²) in [7, 11) is 5.72. The lowest BCUT2D eigenvalue weighted by Crippen LogP contribution is -2.39. The number of aliphatic imine (C=N–C) groups is 1. The lowest BCUT2D eigenvalue weighted by Gasteiger charge is -2.22. The molecule has 0 fully saturated rings. The third kappa shape index (κ3) is 6.90. The van der Waals surface area contributed by atoms with E-state index in [1.54, 1.807) is 18.4 Å². The van der Waals surface area contributed by atoms with Gasteiger partial charge in [-0.05, 0) is 35.7 Å². The van der Waals surface area contributed by atoms with E-state index in [2.05, 4.69) is 37.2 Å². The van der Waals surface area contributed by atoms with E-state index in [0.29, 0.717) is 6.54 Å². The molecule has 0 aromatic carbocycles. The zero-order valence-electron chi connectivity index (χ0n) is 15.2. The van der Waals surface area contributed by atoms with Crippen molar-refractivity contribution < 1.29 is 4.74 Å². The number of nitrogens with one attached hydrogen (secondary N) is 1. The summed E-state index contributed by atoms with van der Waals surface area (Å²) >= 11 is 1.71. The fourth-order valence-electron chi connectivity index (χ4n) is 2.19. The molecule has 1 N–H and O–H groups in total. The molecule has 2 aromatic rings. The van der Waals surface area contributed by atoms with Crippen LogP contribution in [0.1, 0.15) is 23.6 Å². The van der Waals surface area contributed by atoms with E-state index in [1.807, 2.05) is 25.6 Å². The number of aromatic nitrogens is 3. The highest BCUT2D eigenvalue weighted by Crippen LogP contribution is 2.09. The predicted molar refractivity (Wildman–Crippen MR) is 113 cm³/mol. The van der Waals surface area contributed by atoms with E-state index in [1.165, 1.54) is 5.56 Å². The highest BCUT2D eigenvalue weighted by Gasteiger charge is 2.09. The Balaban J connectivity index is 0.00000312. The SMILES string of the molecule is COCCCNC(=NCc1nnc(C)n1C)N(C)Cc1ccsc1.I. The van der Waals surface area contributed by atoms with Gasteiger partial charge in [0.1, 0.15) is 12.4 Å². The van der Waals surface area contributed by atoms with Crippen LogP contribution in [0.3, 0.4) is 0 Å². The van der Waals surface area contributed by atoms with Gasteiger partial charge in [0, 0.05) is 40.9 Å². The van der Waals surface area contributed by atoms with E-state index in [-0.39, 0.29) is 24.0 Å². The minimum absolute atomic E-state index is 0. The zero-order chi connectivity index (χ0) is 17.4. The number of nitrogens with zero attached hydrogens (tertiary/aromatic N) is 5. The lowest BCUT2D eigenvalue weighted by atomic mass is 10.3. The first-order valence-electron chi connectivity index (χ1n) is 7.96. The average Bonchev–Trinajstić information content (AvgIpc) is 3.18. The molecule has 0 unspecified atom stereocenters. The fraction of sp³-hybridized carbons (Fsp3) is 0.562. The van der Waals surface area contributed by atoms with Crippen molar-refractivity contribution in [2.24, 2.45) is 12.0 Å². The molecule has 0 saturated heterocycles. The number of halogens is 1. The Morgan fingerprint density at radius 3 is 2.84 bits per heavy atom. The number of hydrogen-bond donors (Lipinski definition) is 1. The molecule has 0 aliphatic carbocycles. The van der Waals surface area contributed by atoms with Crippen molar-refractivity contribution in [2.75, 3.05) is 27.3 Å². The Morgan fingerprint density at radius 1 is 1.44 bits per heavy atom. The van der Waals surface area contributed by atoms with Crippen molar-refractivity contribution in [1.82, 2.24) is 25.0 Å². The minimum atomic E-state index is 0. The Kier molecular flexibility index (Phi) is 9.98. The molecule has 25 heavy (non-hydrogen) atoms. The number of aryl methyl sites for hydroxylation is 1. The fourth-order valence-corrected chi connectivity index (χ4v) is 2.85. The maximum atomic E-state index is 5.10. The van der Waals surface area contributed by atoms with E-state index >= 15 is 0 Å². The molecule has 140 valence electrons. The first kappa shape index (κ1) is 21.8. The van der Waals surface area contributed by atoms with Crippen LogP contribution in [0.2, 0.25) is 0 Å². The second kappa shape index (κ2) is 11.4. The van der Waals surface area contributed by atoms with Gasteiger partial charge in [-0.2, -0.15) is 11.3 Å². The number of ether oxygens (including phenoxy) is 1. The second-order valence-electron chi connectivity index (χ2n) is 5.62. The molecule has 0 spiro atoms. The number of thiophene rings is 1. The normalized spacial score (nSPS) is 11.3. The van der Waals surface area contributed by atoms with Crippen molar-refractivity contribution in [3.8, 4) is 0 Å². The topological polar surface area (TPSA) is 67.6 Å². The largest absolute Gasteiger partial charge is 0.385 e. The van der Waals surface area contributed by atoms with Gasteiger partial charge in [-0.3, -0.25) is 0 Å². The smallest absolute Gasteiger partial charge is 0.194 e. The summed E-state index contributed by atoms with van der Waals surface area (Å²) in [4.78, 5) is 6.84. The van der Waals surface area contributed by atoms with E-state index < -0.39 is 0 Å². The summed E-state index contributed by atoms with van der Waals surface area (Å²) < 4.78 is 7.07. The molecule has 0 atom stereocenters. The maximum absolute atomic E-state index is 5.10. The van der Waals surface area contributed by atoms with Crippen molar-refractivity contribution in [1.29, 1.82) is 0 Å². The van der Waals surface area contributed by atoms with Gasteiger partial charge in [0.05, 0.1) is 0 Å². The van der Waals surface area contributed by atoms with Crippen LogP contribution in [0, 0.1) is 6.92 Å². The van der Waals surface area contributed by atoms with Gasteiger partial charge in [-0.15, -0.1) is 34.2 Å². The summed E-state index contributed by atoms with van der Waals surface area (Å²) in [6.45, 7) is 4.80. The first-order valence-corrected chi connectivity index (χ1v) is 8.90. The Morgan fingerprint density at radius 2 is 2.24 bits per heavy atom. The molecule has 2 heterocycles. The molecule has 0 radical (unpaired) electrons. The van der Waals surface area contributed by atoms with Crippen LogP contribution < -0.4 is 5.32 Å². The maximum Gasteiger partial charge on any atom is 0.194 e. The Bertz CT molecular complexity index is 643. The molecular formula is C16H27IN6OS. The Labute approximate surface area is 170 Å². The van der Waals surface area contributed by atoms with Crippen LogP contribution >= 0.6 is 35.3 Å². The van der Waals surface area contributed by atoms with Crippen molar-refractivity contribution in [2.45, 2.75) is 26.4 Å². The standard InChI is InChI=1S/C16H26N6OS.HI/c1-13-19-20-15(22(13)3)10-18-16(17-7-5-8-23-4)21(2)11-14-6-9-24-12-14;/h6,9,12H,5,7-8,10-11H2,1-4H3,(H,17,18);1H. The number of hydrogen-bond acceptors (Lipinski definition) is 5. The predicted octanol–water partition coefficient (Wildman–Crippen LogP) is 2.42. The van der Waals surface area contributed by atoms with E-state index in [0.717, 1.165) is 43.7 Å². The van der Waals surface area contributed by atoms with Crippen LogP contribution in [0.25, 0.3) is 0 Å². The van der Waals surface area contributed by atoms with Gasteiger partial charge < -0.3 is 19.5 Å².